The van der Waals surface area contributed by atoms with Crippen LogP contribution in [0.1, 0.15) is 36.3 Å². The maximum atomic E-state index is 12.7. The van der Waals surface area contributed by atoms with Gasteiger partial charge in [0.2, 0.25) is 5.88 Å². The van der Waals surface area contributed by atoms with Crippen molar-refractivity contribution in [2.45, 2.75) is 31.2 Å². The topological polar surface area (TPSA) is 54.5 Å². The van der Waals surface area contributed by atoms with Gasteiger partial charge in [-0.1, -0.05) is 65.7 Å². The number of carbonyl (C=O) groups excluding carboxylic acids is 1. The summed E-state index contributed by atoms with van der Waals surface area (Å²) >= 11 is 5.88. The summed E-state index contributed by atoms with van der Waals surface area (Å²) in [5.41, 5.74) is 3.73. The van der Waals surface area contributed by atoms with Crippen molar-refractivity contribution in [1.29, 1.82) is 0 Å². The van der Waals surface area contributed by atoms with Crippen LogP contribution < -0.4 is 10.1 Å². The highest BCUT2D eigenvalue weighted by molar-refractivity contribution is 6.30. The second-order valence-electron chi connectivity index (χ2n) is 8.59. The molecule has 0 spiro atoms. The number of rotatable bonds is 5. The number of amides is 2. The lowest BCUT2D eigenvalue weighted by molar-refractivity contribution is 0.193. The number of urea groups is 1. The molecule has 2 amide bonds. The summed E-state index contributed by atoms with van der Waals surface area (Å²) in [5, 5.41) is 3.79. The zero-order chi connectivity index (χ0) is 22.6. The molecule has 1 aromatic heterocycles. The maximum Gasteiger partial charge on any atom is 0.317 e. The van der Waals surface area contributed by atoms with Crippen molar-refractivity contribution in [3.8, 4) is 11.6 Å². The quantitative estimate of drug-likeness (QED) is 0.489. The molecule has 1 saturated heterocycles. The number of pyridine rings is 1. The number of hydrogen-bond donors (Lipinski definition) is 1. The van der Waals surface area contributed by atoms with Gasteiger partial charge in [-0.15, -0.1) is 0 Å². The second-order valence-corrected chi connectivity index (χ2v) is 9.02. The molecular formula is C27H26ClN3O2. The van der Waals surface area contributed by atoms with Gasteiger partial charge in [0.1, 0.15) is 5.75 Å². The van der Waals surface area contributed by atoms with Crippen molar-refractivity contribution >= 4 is 23.7 Å². The largest absolute Gasteiger partial charge is 0.439 e. The Kier molecular flexibility index (Phi) is 6.31. The van der Waals surface area contributed by atoms with E-state index in [0.717, 1.165) is 43.7 Å². The van der Waals surface area contributed by atoms with Gasteiger partial charge in [0.25, 0.3) is 0 Å². The van der Waals surface area contributed by atoms with E-state index < -0.39 is 0 Å². The lowest BCUT2D eigenvalue weighted by atomic mass is 10.0. The van der Waals surface area contributed by atoms with Crippen LogP contribution in [0.4, 0.5) is 4.79 Å². The summed E-state index contributed by atoms with van der Waals surface area (Å²) in [7, 11) is 0. The van der Waals surface area contributed by atoms with Crippen LogP contribution in [-0.4, -0.2) is 35.0 Å². The van der Waals surface area contributed by atoms with Crippen LogP contribution in [0.25, 0.3) is 6.08 Å². The molecule has 0 radical (unpaired) electrons. The average Bonchev–Trinajstić information content (AvgIpc) is 3.61. The summed E-state index contributed by atoms with van der Waals surface area (Å²) in [4.78, 5) is 18.8. The first-order valence-electron chi connectivity index (χ1n) is 11.3. The van der Waals surface area contributed by atoms with Crippen LogP contribution in [0.15, 0.2) is 78.5 Å². The van der Waals surface area contributed by atoms with E-state index in [2.05, 4.69) is 46.7 Å². The van der Waals surface area contributed by atoms with Crippen molar-refractivity contribution in [2.75, 3.05) is 13.1 Å². The molecule has 3 aromatic rings. The van der Waals surface area contributed by atoms with Crippen molar-refractivity contribution in [2.24, 2.45) is 0 Å². The van der Waals surface area contributed by atoms with Gasteiger partial charge in [-0.3, -0.25) is 0 Å². The summed E-state index contributed by atoms with van der Waals surface area (Å²) in [6, 6.07) is 22.2. The van der Waals surface area contributed by atoms with E-state index >= 15 is 0 Å². The lowest BCUT2D eigenvalue weighted by Gasteiger charge is -2.28. The van der Waals surface area contributed by atoms with E-state index in [0.29, 0.717) is 16.8 Å². The molecule has 33 heavy (non-hydrogen) atoms. The zero-order valence-electron chi connectivity index (χ0n) is 18.3. The summed E-state index contributed by atoms with van der Waals surface area (Å²) in [6.45, 7) is 1.48. The van der Waals surface area contributed by atoms with Crippen LogP contribution in [0.2, 0.25) is 5.02 Å². The van der Waals surface area contributed by atoms with Gasteiger partial charge in [0.15, 0.2) is 0 Å². The number of hydrogen-bond acceptors (Lipinski definition) is 3. The van der Waals surface area contributed by atoms with Gasteiger partial charge in [-0.25, -0.2) is 9.78 Å². The highest BCUT2D eigenvalue weighted by Crippen LogP contribution is 2.40. The molecule has 2 aromatic carbocycles. The van der Waals surface area contributed by atoms with Crippen LogP contribution in [-0.2, 0) is 0 Å². The molecule has 168 valence electrons. The normalized spacial score (nSPS) is 19.7. The fourth-order valence-electron chi connectivity index (χ4n) is 4.26. The van der Waals surface area contributed by atoms with E-state index in [4.69, 9.17) is 16.3 Å². The Labute approximate surface area is 199 Å². The smallest absolute Gasteiger partial charge is 0.317 e. The van der Waals surface area contributed by atoms with Gasteiger partial charge in [-0.05, 0) is 48.6 Å². The van der Waals surface area contributed by atoms with Gasteiger partial charge in [0, 0.05) is 37.3 Å². The van der Waals surface area contributed by atoms with Crippen LogP contribution >= 0.6 is 11.6 Å². The predicted molar refractivity (Wildman–Crippen MR) is 131 cm³/mol. The summed E-state index contributed by atoms with van der Waals surface area (Å²) < 4.78 is 5.83. The number of nitrogens with one attached hydrogen (secondary N) is 1. The molecule has 1 unspecified atom stereocenters. The minimum atomic E-state index is 0.0587. The third-order valence-corrected chi connectivity index (χ3v) is 6.40. The Morgan fingerprint density at radius 1 is 1.06 bits per heavy atom. The predicted octanol–water partition coefficient (Wildman–Crippen LogP) is 6.27. The minimum absolute atomic E-state index is 0.0587. The molecule has 1 aliphatic carbocycles. The number of ether oxygens (including phenoxy) is 1. The number of likely N-dealkylation sites (tertiary alicyclic amines) is 1. The monoisotopic (exact) mass is 459 g/mol. The number of nitrogens with zero attached hydrogens (tertiary/aromatic N) is 2. The molecule has 5 rings (SSSR count). The van der Waals surface area contributed by atoms with Crippen LogP contribution in [0.5, 0.6) is 11.6 Å². The maximum absolute atomic E-state index is 12.7. The van der Waals surface area contributed by atoms with Crippen molar-refractivity contribution in [1.82, 2.24) is 15.2 Å². The minimum Gasteiger partial charge on any atom is -0.439 e. The molecular weight excluding hydrogens is 434 g/mol. The standard InChI is InChI=1S/C27H26ClN3O2/c28-22-9-10-26(29-18-22)33-23-8-4-5-20(16-23)15-19-11-13-31(14-12-19)27(32)30-25-17-24(25)21-6-2-1-3-7-21/h1-10,15-16,18,24-25H,11-14,17H2,(H,30,32)/t24?,25-/m1/s1. The number of halogens is 1. The Bertz CT molecular complexity index is 1140. The highest BCUT2D eigenvalue weighted by atomic mass is 35.5. The van der Waals surface area contributed by atoms with E-state index in [1.807, 2.05) is 29.2 Å². The number of benzene rings is 2. The van der Waals surface area contributed by atoms with E-state index in [9.17, 15) is 4.79 Å². The van der Waals surface area contributed by atoms with E-state index in [1.54, 1.807) is 18.3 Å². The molecule has 2 fully saturated rings. The second kappa shape index (κ2) is 9.67. The fourth-order valence-corrected chi connectivity index (χ4v) is 4.37. The number of carbonyl (C=O) groups is 1. The first kappa shape index (κ1) is 21.5. The molecule has 6 heteroatoms. The molecule has 5 nitrogen and oxygen atoms in total. The third-order valence-electron chi connectivity index (χ3n) is 6.17. The average molecular weight is 460 g/mol. The van der Waals surface area contributed by atoms with Gasteiger partial charge in [-0.2, -0.15) is 0 Å². The first-order valence-corrected chi connectivity index (χ1v) is 11.7. The molecule has 2 aliphatic rings. The Balaban J connectivity index is 1.13. The highest BCUT2D eigenvalue weighted by Gasteiger charge is 2.40. The lowest BCUT2D eigenvalue weighted by Crippen LogP contribution is -2.44. The molecule has 1 N–H and O–H groups in total. The first-order chi connectivity index (χ1) is 16.1. The van der Waals surface area contributed by atoms with Crippen molar-refractivity contribution < 1.29 is 9.53 Å². The van der Waals surface area contributed by atoms with Gasteiger partial charge in [0.05, 0.1) is 5.02 Å². The molecule has 1 aliphatic heterocycles. The van der Waals surface area contributed by atoms with Gasteiger partial charge < -0.3 is 15.0 Å². The third kappa shape index (κ3) is 5.55. The molecule has 0 bridgehead atoms. The summed E-state index contributed by atoms with van der Waals surface area (Å²) in [6.07, 6.45) is 6.55. The van der Waals surface area contributed by atoms with Gasteiger partial charge >= 0.3 is 6.03 Å². The van der Waals surface area contributed by atoms with Crippen molar-refractivity contribution in [3.63, 3.8) is 0 Å². The summed E-state index contributed by atoms with van der Waals surface area (Å²) in [5.74, 6) is 1.69. The number of aromatic nitrogens is 1. The fraction of sp³-hybridized carbons (Fsp3) is 0.259. The zero-order valence-corrected chi connectivity index (χ0v) is 19.0. The number of piperidine rings is 1. The van der Waals surface area contributed by atoms with Crippen molar-refractivity contribution in [3.05, 3.63) is 94.6 Å². The SMILES string of the molecule is O=C(N[C@@H]1CC1c1ccccc1)N1CCC(=Cc2cccc(Oc3ccc(Cl)cn3)c2)CC1. The Morgan fingerprint density at radius 2 is 1.88 bits per heavy atom. The van der Waals surface area contributed by atoms with E-state index in [1.165, 1.54) is 11.1 Å². The van der Waals surface area contributed by atoms with Crippen LogP contribution in [0.3, 0.4) is 0 Å². The van der Waals surface area contributed by atoms with Crippen LogP contribution in [0, 0.1) is 0 Å². The molecule has 2 heterocycles. The Morgan fingerprint density at radius 3 is 2.64 bits per heavy atom. The van der Waals surface area contributed by atoms with E-state index in [-0.39, 0.29) is 12.1 Å². The Hall–Kier alpha value is -3.31. The molecule has 2 atom stereocenters. The molecule has 1 saturated carbocycles.